The highest BCUT2D eigenvalue weighted by Crippen LogP contribution is 2.20. The number of rotatable bonds is 4. The van der Waals surface area contributed by atoms with Gasteiger partial charge in [-0.25, -0.2) is 4.98 Å². The summed E-state index contributed by atoms with van der Waals surface area (Å²) in [6.45, 7) is 8.64. The molecule has 0 amide bonds. The molecule has 2 heterocycles. The summed E-state index contributed by atoms with van der Waals surface area (Å²) in [5.74, 6) is 1.14. The van der Waals surface area contributed by atoms with Crippen molar-refractivity contribution in [2.75, 3.05) is 38.6 Å². The zero-order chi connectivity index (χ0) is 13.8. The first-order valence-electron chi connectivity index (χ1n) is 7.23. The van der Waals surface area contributed by atoms with E-state index in [1.165, 1.54) is 11.1 Å². The van der Waals surface area contributed by atoms with E-state index < -0.39 is 0 Å². The smallest absolute Gasteiger partial charge is 0.128 e. The zero-order valence-corrected chi connectivity index (χ0v) is 12.6. The molecule has 1 saturated heterocycles. The predicted octanol–water partition coefficient (Wildman–Crippen LogP) is 1.50. The van der Waals surface area contributed by atoms with Gasteiger partial charge in [-0.1, -0.05) is 6.92 Å². The van der Waals surface area contributed by atoms with Crippen molar-refractivity contribution < 1.29 is 0 Å². The van der Waals surface area contributed by atoms with Gasteiger partial charge in [-0.3, -0.25) is 0 Å². The molecule has 0 spiro atoms. The monoisotopic (exact) mass is 262 g/mol. The molecule has 0 unspecified atom stereocenters. The quantitative estimate of drug-likeness (QED) is 0.891. The van der Waals surface area contributed by atoms with E-state index in [0.29, 0.717) is 6.04 Å². The van der Waals surface area contributed by atoms with Gasteiger partial charge in [-0.05, 0) is 44.6 Å². The van der Waals surface area contributed by atoms with E-state index in [-0.39, 0.29) is 0 Å². The van der Waals surface area contributed by atoms with Crippen molar-refractivity contribution >= 4 is 5.82 Å². The molecule has 1 aromatic heterocycles. The minimum absolute atomic E-state index is 0.595. The van der Waals surface area contributed by atoms with Crippen LogP contribution in [0.4, 0.5) is 5.82 Å². The highest BCUT2D eigenvalue weighted by molar-refractivity contribution is 5.44. The standard InChI is InChI=1S/C15H26N4/c1-5-13-8-15(17-10-14(13)9-16-3)19-7-6-18(4)12(2)11-19/h8,10,12,16H,5-7,9,11H2,1-4H3/t12-/m0/s1. The van der Waals surface area contributed by atoms with Gasteiger partial charge in [0, 0.05) is 38.4 Å². The Hall–Kier alpha value is -1.13. The summed E-state index contributed by atoms with van der Waals surface area (Å²) >= 11 is 0. The van der Waals surface area contributed by atoms with Gasteiger partial charge in [0.05, 0.1) is 0 Å². The van der Waals surface area contributed by atoms with Gasteiger partial charge in [0.1, 0.15) is 5.82 Å². The van der Waals surface area contributed by atoms with Crippen LogP contribution in [0, 0.1) is 0 Å². The van der Waals surface area contributed by atoms with Crippen LogP contribution in [0.1, 0.15) is 25.0 Å². The van der Waals surface area contributed by atoms with Gasteiger partial charge in [0.2, 0.25) is 0 Å². The lowest BCUT2D eigenvalue weighted by molar-refractivity contribution is 0.233. The van der Waals surface area contributed by atoms with Crippen LogP contribution in [-0.4, -0.2) is 49.7 Å². The Labute approximate surface area is 116 Å². The Morgan fingerprint density at radius 2 is 2.16 bits per heavy atom. The Bertz CT molecular complexity index is 419. The molecule has 0 bridgehead atoms. The summed E-state index contributed by atoms with van der Waals surface area (Å²) < 4.78 is 0. The number of likely N-dealkylation sites (N-methyl/N-ethyl adjacent to an activating group) is 1. The second-order valence-corrected chi connectivity index (χ2v) is 5.47. The van der Waals surface area contributed by atoms with E-state index in [9.17, 15) is 0 Å². The first-order chi connectivity index (χ1) is 9.15. The average molecular weight is 262 g/mol. The second kappa shape index (κ2) is 6.35. The molecule has 0 saturated carbocycles. The highest BCUT2D eigenvalue weighted by atomic mass is 15.3. The van der Waals surface area contributed by atoms with E-state index in [2.05, 4.69) is 47.1 Å². The van der Waals surface area contributed by atoms with Crippen molar-refractivity contribution in [1.82, 2.24) is 15.2 Å². The van der Waals surface area contributed by atoms with Crippen molar-refractivity contribution in [3.8, 4) is 0 Å². The Morgan fingerprint density at radius 1 is 1.37 bits per heavy atom. The van der Waals surface area contributed by atoms with Crippen molar-refractivity contribution in [3.05, 3.63) is 23.4 Å². The maximum Gasteiger partial charge on any atom is 0.128 e. The molecular formula is C15H26N4. The van der Waals surface area contributed by atoms with Crippen molar-refractivity contribution in [3.63, 3.8) is 0 Å². The largest absolute Gasteiger partial charge is 0.354 e. The van der Waals surface area contributed by atoms with E-state index in [1.807, 2.05) is 13.2 Å². The van der Waals surface area contributed by atoms with Gasteiger partial charge < -0.3 is 15.1 Å². The van der Waals surface area contributed by atoms with Crippen molar-refractivity contribution in [2.24, 2.45) is 0 Å². The minimum atomic E-state index is 0.595. The van der Waals surface area contributed by atoms with Gasteiger partial charge in [-0.15, -0.1) is 0 Å². The molecular weight excluding hydrogens is 236 g/mol. The van der Waals surface area contributed by atoms with Gasteiger partial charge in [0.25, 0.3) is 0 Å². The number of hydrogen-bond acceptors (Lipinski definition) is 4. The fourth-order valence-electron chi connectivity index (χ4n) is 2.62. The van der Waals surface area contributed by atoms with E-state index in [4.69, 9.17) is 0 Å². The summed E-state index contributed by atoms with van der Waals surface area (Å²) in [6, 6.07) is 2.86. The first kappa shape index (κ1) is 14.3. The summed E-state index contributed by atoms with van der Waals surface area (Å²) in [5, 5.41) is 3.21. The number of piperazine rings is 1. The number of aryl methyl sites for hydroxylation is 1. The van der Waals surface area contributed by atoms with Crippen LogP contribution >= 0.6 is 0 Å². The van der Waals surface area contributed by atoms with Gasteiger partial charge in [-0.2, -0.15) is 0 Å². The molecule has 4 heteroatoms. The number of anilines is 1. The normalized spacial score (nSPS) is 20.8. The summed E-state index contributed by atoms with van der Waals surface area (Å²) in [7, 11) is 4.18. The lowest BCUT2D eigenvalue weighted by atomic mass is 10.1. The number of aromatic nitrogens is 1. The molecule has 0 aliphatic carbocycles. The molecule has 4 nitrogen and oxygen atoms in total. The number of nitrogens with zero attached hydrogens (tertiary/aromatic N) is 3. The molecule has 2 rings (SSSR count). The molecule has 19 heavy (non-hydrogen) atoms. The minimum Gasteiger partial charge on any atom is -0.354 e. The maximum absolute atomic E-state index is 4.66. The van der Waals surface area contributed by atoms with Crippen LogP contribution < -0.4 is 10.2 Å². The van der Waals surface area contributed by atoms with Gasteiger partial charge >= 0.3 is 0 Å². The molecule has 1 aromatic rings. The molecule has 1 atom stereocenters. The average Bonchev–Trinajstić information content (AvgIpc) is 2.42. The SMILES string of the molecule is CCc1cc(N2CCN(C)[C@@H](C)C2)ncc1CNC. The third-order valence-corrected chi connectivity index (χ3v) is 4.10. The molecule has 1 aliphatic rings. The topological polar surface area (TPSA) is 31.4 Å². The molecule has 1 aliphatic heterocycles. The van der Waals surface area contributed by atoms with Crippen LogP contribution in [0.25, 0.3) is 0 Å². The van der Waals surface area contributed by atoms with Crippen molar-refractivity contribution in [2.45, 2.75) is 32.9 Å². The lowest BCUT2D eigenvalue weighted by Crippen LogP contribution is -2.50. The van der Waals surface area contributed by atoms with Crippen LogP contribution in [0.3, 0.4) is 0 Å². The summed E-state index contributed by atoms with van der Waals surface area (Å²) in [4.78, 5) is 9.48. The fourth-order valence-corrected chi connectivity index (χ4v) is 2.62. The molecule has 106 valence electrons. The van der Waals surface area contributed by atoms with E-state index in [0.717, 1.165) is 38.4 Å². The Morgan fingerprint density at radius 3 is 2.79 bits per heavy atom. The molecule has 0 aromatic carbocycles. The van der Waals surface area contributed by atoms with Crippen LogP contribution in [-0.2, 0) is 13.0 Å². The van der Waals surface area contributed by atoms with Crippen LogP contribution in [0.15, 0.2) is 12.3 Å². The third kappa shape index (κ3) is 3.25. The summed E-state index contributed by atoms with van der Waals surface area (Å²) in [6.07, 6.45) is 3.10. The predicted molar refractivity (Wildman–Crippen MR) is 80.7 cm³/mol. The van der Waals surface area contributed by atoms with Gasteiger partial charge in [0.15, 0.2) is 0 Å². The molecule has 1 fully saturated rings. The second-order valence-electron chi connectivity index (χ2n) is 5.47. The first-order valence-corrected chi connectivity index (χ1v) is 7.23. The zero-order valence-electron chi connectivity index (χ0n) is 12.6. The number of hydrogen-bond donors (Lipinski definition) is 1. The molecule has 0 radical (unpaired) electrons. The Kier molecular flexibility index (Phi) is 4.77. The number of pyridine rings is 1. The van der Waals surface area contributed by atoms with Crippen LogP contribution in [0.2, 0.25) is 0 Å². The van der Waals surface area contributed by atoms with E-state index in [1.54, 1.807) is 0 Å². The van der Waals surface area contributed by atoms with E-state index >= 15 is 0 Å². The summed E-state index contributed by atoms with van der Waals surface area (Å²) in [5.41, 5.74) is 2.72. The third-order valence-electron chi connectivity index (χ3n) is 4.10. The lowest BCUT2D eigenvalue weighted by Gasteiger charge is -2.38. The molecule has 1 N–H and O–H groups in total. The number of nitrogens with one attached hydrogen (secondary N) is 1. The van der Waals surface area contributed by atoms with Crippen LogP contribution in [0.5, 0.6) is 0 Å². The highest BCUT2D eigenvalue weighted by Gasteiger charge is 2.21. The fraction of sp³-hybridized carbons (Fsp3) is 0.667. The van der Waals surface area contributed by atoms with Crippen molar-refractivity contribution in [1.29, 1.82) is 0 Å². The Balaban J connectivity index is 2.16. The maximum atomic E-state index is 4.66.